The third kappa shape index (κ3) is 5.48. The molecule has 0 bridgehead atoms. The minimum Gasteiger partial charge on any atom is -0.461 e. The Morgan fingerprint density at radius 2 is 1.30 bits per heavy atom. The minimum atomic E-state index is 0.223. The van der Waals surface area contributed by atoms with Gasteiger partial charge in [0.15, 0.2) is 0 Å². The van der Waals surface area contributed by atoms with E-state index in [1.54, 1.807) is 0 Å². The van der Waals surface area contributed by atoms with Gasteiger partial charge in [-0.15, -0.1) is 0 Å². The number of nitrogens with one attached hydrogen (secondary N) is 3. The summed E-state index contributed by atoms with van der Waals surface area (Å²) in [7, 11) is 0. The molecule has 0 aliphatic rings. The van der Waals surface area contributed by atoms with Crippen molar-refractivity contribution in [2.75, 3.05) is 0 Å². The van der Waals surface area contributed by atoms with Crippen LogP contribution in [0.1, 0.15) is 56.8 Å². The fraction of sp³-hybridized carbons (Fsp3) is 0.321. The molecule has 172 valence electrons. The molecule has 0 aliphatic heterocycles. The lowest BCUT2D eigenvalue weighted by molar-refractivity contribution is 0.510. The molecule has 5 nitrogen and oxygen atoms in total. The van der Waals surface area contributed by atoms with E-state index in [1.807, 2.05) is 32.0 Å². The lowest BCUT2D eigenvalue weighted by Crippen LogP contribution is -2.30. The van der Waals surface area contributed by atoms with Crippen LogP contribution in [0.25, 0.3) is 27.6 Å². The molecule has 0 radical (unpaired) electrons. The average Bonchev–Trinajstić information content (AvgIpc) is 3.34. The molecule has 0 fully saturated rings. The second-order valence-corrected chi connectivity index (χ2v) is 9.24. The van der Waals surface area contributed by atoms with Crippen molar-refractivity contribution in [2.45, 2.75) is 59.0 Å². The standard InChI is InChI=1S/C28H33N3O2/c1-17(2)30-19(5)20-9-10-21-13-24(32-26(21)15-20)7-6-8-25-14-22-11-12-23(16-27(22)33-25)28(29)31-18(3)4/h9-18,30H,5-8H2,1-4H3,(H2,29,31). The quantitative estimate of drug-likeness (QED) is 0.200. The van der Waals surface area contributed by atoms with Gasteiger partial charge in [-0.25, -0.2) is 0 Å². The molecule has 0 atom stereocenters. The number of benzene rings is 2. The highest BCUT2D eigenvalue weighted by Crippen LogP contribution is 2.26. The molecule has 0 spiro atoms. The first-order chi connectivity index (χ1) is 15.8. The van der Waals surface area contributed by atoms with Crippen molar-refractivity contribution < 1.29 is 8.83 Å². The predicted octanol–water partition coefficient (Wildman–Crippen LogP) is 6.65. The molecule has 2 aromatic carbocycles. The Morgan fingerprint density at radius 3 is 1.85 bits per heavy atom. The molecule has 0 aliphatic carbocycles. The Labute approximate surface area is 195 Å². The fourth-order valence-corrected chi connectivity index (χ4v) is 4.00. The fourth-order valence-electron chi connectivity index (χ4n) is 4.00. The van der Waals surface area contributed by atoms with E-state index in [4.69, 9.17) is 14.2 Å². The van der Waals surface area contributed by atoms with Crippen LogP contribution < -0.4 is 10.6 Å². The van der Waals surface area contributed by atoms with Crippen LogP contribution in [0.5, 0.6) is 0 Å². The summed E-state index contributed by atoms with van der Waals surface area (Å²) in [6.45, 7) is 12.4. The van der Waals surface area contributed by atoms with Gasteiger partial charge in [0.25, 0.3) is 0 Å². The predicted molar refractivity (Wildman–Crippen MR) is 137 cm³/mol. The van der Waals surface area contributed by atoms with Crippen molar-refractivity contribution in [1.29, 1.82) is 5.41 Å². The molecule has 4 rings (SSSR count). The van der Waals surface area contributed by atoms with E-state index in [-0.39, 0.29) is 6.04 Å². The Balaban J connectivity index is 1.39. The lowest BCUT2D eigenvalue weighted by atomic mass is 10.1. The molecule has 33 heavy (non-hydrogen) atoms. The van der Waals surface area contributed by atoms with Gasteiger partial charge in [0.2, 0.25) is 0 Å². The molecule has 2 heterocycles. The third-order valence-electron chi connectivity index (χ3n) is 5.52. The van der Waals surface area contributed by atoms with Gasteiger partial charge in [-0.1, -0.05) is 30.8 Å². The van der Waals surface area contributed by atoms with Crippen molar-refractivity contribution in [3.05, 3.63) is 77.8 Å². The minimum absolute atomic E-state index is 0.223. The van der Waals surface area contributed by atoms with E-state index in [1.165, 1.54) is 0 Å². The first kappa shape index (κ1) is 22.7. The number of aryl methyl sites for hydroxylation is 2. The smallest absolute Gasteiger partial charge is 0.135 e. The van der Waals surface area contributed by atoms with Crippen molar-refractivity contribution in [3.63, 3.8) is 0 Å². The molecule has 0 amide bonds. The van der Waals surface area contributed by atoms with Gasteiger partial charge in [0, 0.05) is 52.5 Å². The molecular formula is C28H33N3O2. The van der Waals surface area contributed by atoms with Crippen molar-refractivity contribution in [1.82, 2.24) is 10.6 Å². The summed E-state index contributed by atoms with van der Waals surface area (Å²) in [5.74, 6) is 2.36. The summed E-state index contributed by atoms with van der Waals surface area (Å²) in [6.07, 6.45) is 2.62. The van der Waals surface area contributed by atoms with Gasteiger partial charge in [0.05, 0.1) is 0 Å². The van der Waals surface area contributed by atoms with E-state index < -0.39 is 0 Å². The number of rotatable bonds is 9. The van der Waals surface area contributed by atoms with Gasteiger partial charge >= 0.3 is 0 Å². The SMILES string of the molecule is C=C(NC(C)C)c1ccc2cc(CCCc3cc4ccc(C(=N)NC(C)C)cc4o3)oc2c1. The topological polar surface area (TPSA) is 74.2 Å². The van der Waals surface area contributed by atoms with Gasteiger partial charge < -0.3 is 19.5 Å². The van der Waals surface area contributed by atoms with E-state index >= 15 is 0 Å². The number of amidine groups is 1. The summed E-state index contributed by atoms with van der Waals surface area (Å²) < 4.78 is 12.2. The van der Waals surface area contributed by atoms with Crippen LogP contribution in [0.15, 0.2) is 63.9 Å². The first-order valence-electron chi connectivity index (χ1n) is 11.6. The van der Waals surface area contributed by atoms with Crippen LogP contribution in [0.2, 0.25) is 0 Å². The highest BCUT2D eigenvalue weighted by Gasteiger charge is 2.10. The van der Waals surface area contributed by atoms with Crippen LogP contribution in [0.3, 0.4) is 0 Å². The Morgan fingerprint density at radius 1 is 0.788 bits per heavy atom. The van der Waals surface area contributed by atoms with E-state index in [2.05, 4.69) is 61.4 Å². The number of furan rings is 2. The highest BCUT2D eigenvalue weighted by atomic mass is 16.3. The van der Waals surface area contributed by atoms with E-state index in [0.29, 0.717) is 11.9 Å². The monoisotopic (exact) mass is 443 g/mol. The zero-order valence-electron chi connectivity index (χ0n) is 19.9. The molecule has 2 aromatic heterocycles. The highest BCUT2D eigenvalue weighted by molar-refractivity contribution is 5.99. The summed E-state index contributed by atoms with van der Waals surface area (Å²) in [4.78, 5) is 0. The maximum absolute atomic E-state index is 8.19. The second-order valence-electron chi connectivity index (χ2n) is 9.24. The van der Waals surface area contributed by atoms with Crippen LogP contribution in [-0.4, -0.2) is 17.9 Å². The maximum atomic E-state index is 8.19. The molecule has 5 heteroatoms. The van der Waals surface area contributed by atoms with Crippen molar-refractivity contribution in [2.24, 2.45) is 0 Å². The van der Waals surface area contributed by atoms with Crippen LogP contribution >= 0.6 is 0 Å². The summed E-state index contributed by atoms with van der Waals surface area (Å²) in [6, 6.07) is 16.9. The normalized spacial score (nSPS) is 11.6. The summed E-state index contributed by atoms with van der Waals surface area (Å²) >= 11 is 0. The van der Waals surface area contributed by atoms with Gasteiger partial charge in [0.1, 0.15) is 28.5 Å². The van der Waals surface area contributed by atoms with Crippen LogP contribution in [-0.2, 0) is 12.8 Å². The Kier molecular flexibility index (Phi) is 6.59. The lowest BCUT2D eigenvalue weighted by Gasteiger charge is -2.12. The number of fused-ring (bicyclic) bond motifs is 2. The zero-order valence-corrected chi connectivity index (χ0v) is 19.9. The van der Waals surface area contributed by atoms with Gasteiger partial charge in [-0.05, 0) is 58.4 Å². The Bertz CT molecular complexity index is 1190. The molecule has 3 N–H and O–H groups in total. The zero-order chi connectivity index (χ0) is 23.5. The first-order valence-corrected chi connectivity index (χ1v) is 11.6. The summed E-state index contributed by atoms with van der Waals surface area (Å²) in [5.41, 5.74) is 4.51. The largest absolute Gasteiger partial charge is 0.461 e. The summed E-state index contributed by atoms with van der Waals surface area (Å²) in [5, 5.41) is 16.9. The van der Waals surface area contributed by atoms with Crippen LogP contribution in [0, 0.1) is 5.41 Å². The average molecular weight is 444 g/mol. The molecule has 0 saturated carbocycles. The maximum Gasteiger partial charge on any atom is 0.135 e. The van der Waals surface area contributed by atoms with Crippen molar-refractivity contribution >= 4 is 33.5 Å². The number of hydrogen-bond acceptors (Lipinski definition) is 4. The Hall–Kier alpha value is -3.47. The van der Waals surface area contributed by atoms with Crippen LogP contribution in [0.4, 0.5) is 0 Å². The molecule has 4 aromatic rings. The molecule has 0 unspecified atom stereocenters. The van der Waals surface area contributed by atoms with Crippen molar-refractivity contribution in [3.8, 4) is 0 Å². The number of hydrogen-bond donors (Lipinski definition) is 3. The van der Waals surface area contributed by atoms with Gasteiger partial charge in [-0.2, -0.15) is 0 Å². The molecular weight excluding hydrogens is 410 g/mol. The third-order valence-corrected chi connectivity index (χ3v) is 5.52. The molecule has 0 saturated heterocycles. The van der Waals surface area contributed by atoms with E-state index in [9.17, 15) is 0 Å². The second kappa shape index (κ2) is 9.57. The van der Waals surface area contributed by atoms with Gasteiger partial charge in [-0.3, -0.25) is 5.41 Å². The van der Waals surface area contributed by atoms with E-state index in [0.717, 1.165) is 69.5 Å².